The number of hydrogen-bond donors (Lipinski definition) is 2. The number of halogens is 1. The molecule has 0 spiro atoms. The number of amides is 1. The minimum absolute atomic E-state index is 0.298. The Balaban J connectivity index is 1.83. The highest BCUT2D eigenvalue weighted by molar-refractivity contribution is 5.84. The Bertz CT molecular complexity index is 1000. The fourth-order valence-electron chi connectivity index (χ4n) is 3.02. The van der Waals surface area contributed by atoms with Crippen LogP contribution in [0, 0.1) is 12.7 Å². The second-order valence-electron chi connectivity index (χ2n) is 6.48. The number of rotatable bonds is 5. The summed E-state index contributed by atoms with van der Waals surface area (Å²) in [6.07, 6.45) is -0.547. The van der Waals surface area contributed by atoms with Gasteiger partial charge in [-0.15, -0.1) is 0 Å². The molecule has 0 unspecified atom stereocenters. The van der Waals surface area contributed by atoms with E-state index >= 15 is 0 Å². The van der Waals surface area contributed by atoms with Gasteiger partial charge in [-0.05, 0) is 65.9 Å². The summed E-state index contributed by atoms with van der Waals surface area (Å²) in [6.45, 7) is 1.98. The molecule has 0 aliphatic rings. The fraction of sp³-hybridized carbons (Fsp3) is 0.136. The summed E-state index contributed by atoms with van der Waals surface area (Å²) in [5.74, 6) is 5.77. The van der Waals surface area contributed by atoms with Crippen LogP contribution in [0.3, 0.4) is 0 Å². The van der Waals surface area contributed by atoms with Gasteiger partial charge >= 0.3 is 6.09 Å². The Morgan fingerprint density at radius 3 is 2.43 bits per heavy atom. The first-order valence-corrected chi connectivity index (χ1v) is 8.69. The van der Waals surface area contributed by atoms with Gasteiger partial charge in [-0.2, -0.15) is 0 Å². The van der Waals surface area contributed by atoms with Gasteiger partial charge in [0.1, 0.15) is 11.6 Å². The van der Waals surface area contributed by atoms with Crippen LogP contribution >= 0.6 is 0 Å². The molecule has 0 saturated carbocycles. The van der Waals surface area contributed by atoms with Gasteiger partial charge in [-0.1, -0.05) is 30.3 Å². The van der Waals surface area contributed by atoms with E-state index in [2.05, 4.69) is 0 Å². The number of benzene rings is 3. The monoisotopic (exact) mass is 380 g/mol. The van der Waals surface area contributed by atoms with Gasteiger partial charge in [0.25, 0.3) is 0 Å². The molecule has 0 saturated heterocycles. The molecule has 3 N–H and O–H groups in total. The maximum atomic E-state index is 14.2. The molecule has 0 radical (unpaired) electrons. The highest BCUT2D eigenvalue weighted by atomic mass is 19.1. The number of carboxylic acid groups (broad SMARTS) is 1. The summed E-state index contributed by atoms with van der Waals surface area (Å²) in [6, 6.07) is 17.5. The van der Waals surface area contributed by atoms with E-state index in [9.17, 15) is 9.18 Å². The second kappa shape index (κ2) is 8.10. The Labute approximate surface area is 162 Å². The molecule has 5 nitrogen and oxygen atoms in total. The number of nitrogens with zero attached hydrogens (tertiary/aromatic N) is 1. The summed E-state index contributed by atoms with van der Waals surface area (Å²) in [5, 5.41) is 9.59. The van der Waals surface area contributed by atoms with Crippen molar-refractivity contribution in [2.45, 2.75) is 13.3 Å². The van der Waals surface area contributed by atoms with Gasteiger partial charge in [0, 0.05) is 5.56 Å². The molecule has 0 aliphatic heterocycles. The van der Waals surface area contributed by atoms with Gasteiger partial charge in [0.05, 0.1) is 12.8 Å². The van der Waals surface area contributed by atoms with Crippen LogP contribution in [0.2, 0.25) is 0 Å². The van der Waals surface area contributed by atoms with E-state index in [1.54, 1.807) is 31.4 Å². The van der Waals surface area contributed by atoms with Crippen molar-refractivity contribution in [3.63, 3.8) is 0 Å². The second-order valence-corrected chi connectivity index (χ2v) is 6.48. The van der Waals surface area contributed by atoms with E-state index in [1.807, 2.05) is 37.3 Å². The zero-order valence-corrected chi connectivity index (χ0v) is 15.6. The van der Waals surface area contributed by atoms with Gasteiger partial charge in [0.15, 0.2) is 0 Å². The van der Waals surface area contributed by atoms with Crippen molar-refractivity contribution in [3.8, 4) is 16.9 Å². The third-order valence-electron chi connectivity index (χ3n) is 4.64. The molecule has 0 atom stereocenters. The van der Waals surface area contributed by atoms with Crippen LogP contribution in [-0.2, 0) is 6.42 Å². The van der Waals surface area contributed by atoms with E-state index in [0.29, 0.717) is 28.4 Å². The minimum atomic E-state index is -1.22. The number of nitrogens with two attached hydrogens (primary N) is 1. The van der Waals surface area contributed by atoms with Crippen molar-refractivity contribution in [3.05, 3.63) is 83.2 Å². The van der Waals surface area contributed by atoms with Crippen LogP contribution in [0.1, 0.15) is 16.7 Å². The first kappa shape index (κ1) is 19.4. The minimum Gasteiger partial charge on any atom is -0.497 e. The van der Waals surface area contributed by atoms with Gasteiger partial charge in [-0.3, -0.25) is 0 Å². The van der Waals surface area contributed by atoms with Crippen LogP contribution in [0.15, 0.2) is 60.7 Å². The molecule has 6 heteroatoms. The standard InChI is InChI=1S/C22H21FN2O3/c1-14-11-17(20-13-19(28-2)9-10-21(20)23)6-5-16(14)12-15-3-7-18(8-4-15)25(24)22(26)27/h3-11,13H,12,24H2,1-2H3,(H,26,27). The van der Waals surface area contributed by atoms with E-state index in [-0.39, 0.29) is 5.82 Å². The normalized spacial score (nSPS) is 10.6. The van der Waals surface area contributed by atoms with Crippen molar-refractivity contribution in [2.24, 2.45) is 5.84 Å². The molecule has 0 aliphatic carbocycles. The van der Waals surface area contributed by atoms with Crippen LogP contribution in [0.4, 0.5) is 14.9 Å². The predicted octanol–water partition coefficient (Wildman–Crippen LogP) is 4.76. The average Bonchev–Trinajstić information content (AvgIpc) is 2.70. The number of anilines is 1. The Hall–Kier alpha value is -3.38. The first-order valence-electron chi connectivity index (χ1n) is 8.69. The Morgan fingerprint density at radius 1 is 1.11 bits per heavy atom. The van der Waals surface area contributed by atoms with Crippen molar-refractivity contribution in [1.29, 1.82) is 0 Å². The molecule has 3 aromatic carbocycles. The first-order chi connectivity index (χ1) is 13.4. The quantitative estimate of drug-likeness (QED) is 0.380. The summed E-state index contributed by atoms with van der Waals surface area (Å²) in [4.78, 5) is 10.9. The smallest absolute Gasteiger partial charge is 0.426 e. The van der Waals surface area contributed by atoms with Crippen molar-refractivity contribution in [2.75, 3.05) is 12.1 Å². The summed E-state index contributed by atoms with van der Waals surface area (Å²) in [5.41, 5.74) is 4.84. The Kier molecular flexibility index (Phi) is 5.61. The molecular formula is C22H21FN2O3. The maximum absolute atomic E-state index is 14.2. The molecular weight excluding hydrogens is 359 g/mol. The third-order valence-corrected chi connectivity index (χ3v) is 4.64. The molecule has 3 rings (SSSR count). The highest BCUT2D eigenvalue weighted by Gasteiger charge is 2.11. The lowest BCUT2D eigenvalue weighted by Crippen LogP contribution is -2.35. The van der Waals surface area contributed by atoms with Gasteiger partial charge < -0.3 is 9.84 Å². The maximum Gasteiger partial charge on any atom is 0.426 e. The van der Waals surface area contributed by atoms with E-state index in [4.69, 9.17) is 15.7 Å². The molecule has 3 aromatic rings. The number of carbonyl (C=O) groups is 1. The summed E-state index contributed by atoms with van der Waals surface area (Å²) >= 11 is 0. The summed E-state index contributed by atoms with van der Waals surface area (Å²) in [7, 11) is 1.55. The predicted molar refractivity (Wildman–Crippen MR) is 107 cm³/mol. The lowest BCUT2D eigenvalue weighted by Gasteiger charge is -2.14. The molecule has 0 aromatic heterocycles. The zero-order chi connectivity index (χ0) is 20.3. The van der Waals surface area contributed by atoms with E-state index in [1.165, 1.54) is 6.07 Å². The van der Waals surface area contributed by atoms with Crippen molar-refractivity contribution < 1.29 is 19.0 Å². The molecule has 0 bridgehead atoms. The SMILES string of the molecule is COc1ccc(F)c(-c2ccc(Cc3ccc(N(N)C(=O)O)cc3)c(C)c2)c1. The van der Waals surface area contributed by atoms with Crippen molar-refractivity contribution in [1.82, 2.24) is 0 Å². The lowest BCUT2D eigenvalue weighted by molar-refractivity contribution is 0.202. The summed E-state index contributed by atoms with van der Waals surface area (Å²) < 4.78 is 19.4. The number of methoxy groups -OCH3 is 1. The largest absolute Gasteiger partial charge is 0.497 e. The zero-order valence-electron chi connectivity index (χ0n) is 15.6. The van der Waals surface area contributed by atoms with E-state index < -0.39 is 6.09 Å². The fourth-order valence-corrected chi connectivity index (χ4v) is 3.02. The van der Waals surface area contributed by atoms with Crippen LogP contribution in [0.5, 0.6) is 5.75 Å². The number of ether oxygens (including phenoxy) is 1. The molecule has 0 fully saturated rings. The van der Waals surface area contributed by atoms with Gasteiger partial charge in [-0.25, -0.2) is 20.0 Å². The lowest BCUT2D eigenvalue weighted by atomic mass is 9.95. The average molecular weight is 380 g/mol. The van der Waals surface area contributed by atoms with Gasteiger partial charge in [0.2, 0.25) is 0 Å². The van der Waals surface area contributed by atoms with Crippen LogP contribution in [-0.4, -0.2) is 18.3 Å². The number of hydrogen-bond acceptors (Lipinski definition) is 3. The van der Waals surface area contributed by atoms with E-state index in [0.717, 1.165) is 22.3 Å². The molecule has 144 valence electrons. The number of aryl methyl sites for hydroxylation is 1. The van der Waals surface area contributed by atoms with Crippen molar-refractivity contribution >= 4 is 11.8 Å². The number of hydrazine groups is 1. The van der Waals surface area contributed by atoms with Crippen LogP contribution in [0.25, 0.3) is 11.1 Å². The van der Waals surface area contributed by atoms with Crippen LogP contribution < -0.4 is 15.6 Å². The molecule has 28 heavy (non-hydrogen) atoms. The molecule has 1 amide bonds. The molecule has 0 heterocycles. The Morgan fingerprint density at radius 2 is 1.82 bits per heavy atom. The topological polar surface area (TPSA) is 75.8 Å². The third kappa shape index (κ3) is 4.13. The highest BCUT2D eigenvalue weighted by Crippen LogP contribution is 2.29.